The molecule has 2 aliphatic rings. The van der Waals surface area contributed by atoms with E-state index in [1.165, 1.54) is 32.1 Å². The van der Waals surface area contributed by atoms with Crippen LogP contribution in [0.2, 0.25) is 0 Å². The molecule has 3 atom stereocenters. The normalized spacial score (nSPS) is 28.1. The lowest BCUT2D eigenvalue weighted by Gasteiger charge is -2.30. The van der Waals surface area contributed by atoms with Crippen molar-refractivity contribution in [1.82, 2.24) is 20.2 Å². The first-order valence-electron chi connectivity index (χ1n) is 8.94. The lowest BCUT2D eigenvalue weighted by Crippen LogP contribution is -2.40. The number of hydrogen-bond acceptors (Lipinski definition) is 4. The van der Waals surface area contributed by atoms with Crippen molar-refractivity contribution < 1.29 is 0 Å². The van der Waals surface area contributed by atoms with Crippen molar-refractivity contribution in [3.05, 3.63) is 36.2 Å². The molecule has 4 rings (SSSR count). The van der Waals surface area contributed by atoms with Gasteiger partial charge in [0, 0.05) is 36.8 Å². The van der Waals surface area contributed by atoms with Gasteiger partial charge < -0.3 is 5.32 Å². The molecule has 1 aliphatic heterocycles. The van der Waals surface area contributed by atoms with Crippen molar-refractivity contribution in [3.63, 3.8) is 0 Å². The van der Waals surface area contributed by atoms with Crippen LogP contribution in [-0.2, 0) is 6.54 Å². The summed E-state index contributed by atoms with van der Waals surface area (Å²) in [6.45, 7) is 1.89. The van der Waals surface area contributed by atoms with Crippen molar-refractivity contribution in [2.45, 2.75) is 50.7 Å². The Bertz CT molecular complexity index is 671. The molecule has 1 saturated carbocycles. The minimum atomic E-state index is 0.682. The molecule has 0 spiro atoms. The Morgan fingerprint density at radius 1 is 1.22 bits per heavy atom. The lowest BCUT2D eigenvalue weighted by atomic mass is 9.85. The number of nitrogens with one attached hydrogen (secondary N) is 1. The summed E-state index contributed by atoms with van der Waals surface area (Å²) >= 11 is 0. The van der Waals surface area contributed by atoms with Gasteiger partial charge in [0.1, 0.15) is 0 Å². The maximum atomic E-state index is 4.64. The van der Waals surface area contributed by atoms with Gasteiger partial charge in [0.15, 0.2) is 5.65 Å². The van der Waals surface area contributed by atoms with E-state index in [0.29, 0.717) is 6.04 Å². The van der Waals surface area contributed by atoms with Crippen LogP contribution in [0.25, 0.3) is 11.0 Å². The fourth-order valence-corrected chi connectivity index (χ4v) is 4.47. The largest absolute Gasteiger partial charge is 0.310 e. The van der Waals surface area contributed by atoms with Crippen LogP contribution in [0.4, 0.5) is 0 Å². The second-order valence-corrected chi connectivity index (χ2v) is 7.15. The molecule has 2 aromatic rings. The van der Waals surface area contributed by atoms with Gasteiger partial charge in [-0.1, -0.05) is 12.8 Å². The van der Waals surface area contributed by atoms with Gasteiger partial charge in [-0.2, -0.15) is 0 Å². The second-order valence-electron chi connectivity index (χ2n) is 7.15. The highest BCUT2D eigenvalue weighted by atomic mass is 15.2. The Morgan fingerprint density at radius 2 is 2.13 bits per heavy atom. The average molecular weight is 310 g/mol. The molecular weight excluding hydrogens is 284 g/mol. The first-order chi connectivity index (χ1) is 11.3. The molecule has 1 saturated heterocycles. The van der Waals surface area contributed by atoms with Gasteiger partial charge in [0.2, 0.25) is 0 Å². The summed E-state index contributed by atoms with van der Waals surface area (Å²) < 4.78 is 0. The van der Waals surface area contributed by atoms with Gasteiger partial charge >= 0.3 is 0 Å². The summed E-state index contributed by atoms with van der Waals surface area (Å²) in [4.78, 5) is 11.6. The molecule has 2 fully saturated rings. The molecule has 0 bridgehead atoms. The predicted molar refractivity (Wildman–Crippen MR) is 93.2 cm³/mol. The van der Waals surface area contributed by atoms with E-state index in [2.05, 4.69) is 45.4 Å². The highest BCUT2D eigenvalue weighted by molar-refractivity contribution is 5.74. The van der Waals surface area contributed by atoms with E-state index in [0.717, 1.165) is 41.8 Å². The van der Waals surface area contributed by atoms with Gasteiger partial charge in [-0.05, 0) is 56.5 Å². The topological polar surface area (TPSA) is 41.0 Å². The number of pyridine rings is 2. The van der Waals surface area contributed by atoms with Crippen molar-refractivity contribution in [2.24, 2.45) is 5.92 Å². The second kappa shape index (κ2) is 6.54. The molecule has 0 unspecified atom stereocenters. The van der Waals surface area contributed by atoms with Crippen molar-refractivity contribution >= 4 is 11.0 Å². The molecule has 1 N–H and O–H groups in total. The highest BCUT2D eigenvalue weighted by Crippen LogP contribution is 2.38. The smallest absolute Gasteiger partial charge is 0.159 e. The van der Waals surface area contributed by atoms with Crippen molar-refractivity contribution in [2.75, 3.05) is 13.6 Å². The summed E-state index contributed by atoms with van der Waals surface area (Å²) in [6, 6.07) is 9.75. The molecular formula is C19H26N4. The molecule has 3 heterocycles. The molecule has 0 radical (unpaired) electrons. The van der Waals surface area contributed by atoms with Gasteiger partial charge in [0.25, 0.3) is 0 Å². The molecule has 4 nitrogen and oxygen atoms in total. The SMILES string of the molecule is CN1[C@H](CNCc2ccc3cccnc3n2)C[C@@H]2CCCC[C@@H]21. The molecule has 23 heavy (non-hydrogen) atoms. The maximum absolute atomic E-state index is 4.64. The molecule has 122 valence electrons. The minimum Gasteiger partial charge on any atom is -0.310 e. The molecule has 1 aliphatic carbocycles. The van der Waals surface area contributed by atoms with Crippen LogP contribution >= 0.6 is 0 Å². The first kappa shape index (κ1) is 15.0. The van der Waals surface area contributed by atoms with E-state index in [-0.39, 0.29) is 0 Å². The monoisotopic (exact) mass is 310 g/mol. The summed E-state index contributed by atoms with van der Waals surface area (Å²) in [7, 11) is 2.32. The number of likely N-dealkylation sites (tertiary alicyclic amines) is 1. The lowest BCUT2D eigenvalue weighted by molar-refractivity contribution is 0.184. The summed E-state index contributed by atoms with van der Waals surface area (Å²) in [5.41, 5.74) is 1.92. The first-order valence-corrected chi connectivity index (χ1v) is 8.94. The van der Waals surface area contributed by atoms with Crippen LogP contribution in [-0.4, -0.2) is 40.5 Å². The van der Waals surface area contributed by atoms with Crippen LogP contribution in [0.3, 0.4) is 0 Å². The van der Waals surface area contributed by atoms with E-state index in [9.17, 15) is 0 Å². The number of likely N-dealkylation sites (N-methyl/N-ethyl adjacent to an activating group) is 1. The fraction of sp³-hybridized carbons (Fsp3) is 0.579. The number of aromatic nitrogens is 2. The van der Waals surface area contributed by atoms with E-state index < -0.39 is 0 Å². The molecule has 4 heteroatoms. The predicted octanol–water partition coefficient (Wildman–Crippen LogP) is 2.98. The zero-order valence-corrected chi connectivity index (χ0v) is 13.9. The Labute approximate surface area is 138 Å². The third kappa shape index (κ3) is 3.10. The highest BCUT2D eigenvalue weighted by Gasteiger charge is 2.39. The number of nitrogens with zero attached hydrogens (tertiary/aromatic N) is 3. The summed E-state index contributed by atoms with van der Waals surface area (Å²) in [6.07, 6.45) is 8.85. The zero-order chi connectivity index (χ0) is 15.6. The van der Waals surface area contributed by atoms with Gasteiger partial charge in [-0.25, -0.2) is 9.97 Å². The average Bonchev–Trinajstić information content (AvgIpc) is 2.91. The molecule has 0 amide bonds. The van der Waals surface area contributed by atoms with Crippen LogP contribution in [0.1, 0.15) is 37.8 Å². The van der Waals surface area contributed by atoms with E-state index >= 15 is 0 Å². The van der Waals surface area contributed by atoms with Crippen LogP contribution in [0.5, 0.6) is 0 Å². The third-order valence-electron chi connectivity index (χ3n) is 5.75. The van der Waals surface area contributed by atoms with Crippen LogP contribution in [0, 0.1) is 5.92 Å². The number of rotatable bonds is 4. The minimum absolute atomic E-state index is 0.682. The molecule has 0 aromatic carbocycles. The summed E-state index contributed by atoms with van der Waals surface area (Å²) in [5.74, 6) is 0.934. The van der Waals surface area contributed by atoms with E-state index in [4.69, 9.17) is 0 Å². The molecule has 2 aromatic heterocycles. The Kier molecular flexibility index (Phi) is 4.27. The Morgan fingerprint density at radius 3 is 3.04 bits per heavy atom. The Hall–Kier alpha value is -1.52. The van der Waals surface area contributed by atoms with Gasteiger partial charge in [-0.15, -0.1) is 0 Å². The van der Waals surface area contributed by atoms with Crippen LogP contribution in [0.15, 0.2) is 30.5 Å². The van der Waals surface area contributed by atoms with Gasteiger partial charge in [-0.3, -0.25) is 4.90 Å². The van der Waals surface area contributed by atoms with E-state index in [1.54, 1.807) is 0 Å². The number of hydrogen-bond donors (Lipinski definition) is 1. The third-order valence-corrected chi connectivity index (χ3v) is 5.75. The van der Waals surface area contributed by atoms with Crippen LogP contribution < -0.4 is 5.32 Å². The van der Waals surface area contributed by atoms with Crippen molar-refractivity contribution in [1.29, 1.82) is 0 Å². The zero-order valence-electron chi connectivity index (χ0n) is 13.9. The Balaban J connectivity index is 1.34. The summed E-state index contributed by atoms with van der Waals surface area (Å²) in [5, 5.41) is 4.72. The maximum Gasteiger partial charge on any atom is 0.159 e. The van der Waals surface area contributed by atoms with Gasteiger partial charge in [0.05, 0.1) is 5.69 Å². The fourth-order valence-electron chi connectivity index (χ4n) is 4.47. The number of fused-ring (bicyclic) bond motifs is 2. The standard InChI is InChI=1S/C19H26N4/c1-23-17(11-15-5-2-3-7-18(15)23)13-20-12-16-9-8-14-6-4-10-21-19(14)22-16/h4,6,8-10,15,17-18,20H,2-3,5,7,11-13H2,1H3/t15-,17-,18-/m0/s1. The quantitative estimate of drug-likeness (QED) is 0.942. The van der Waals surface area contributed by atoms with E-state index in [1.807, 2.05) is 12.3 Å². The van der Waals surface area contributed by atoms with Crippen molar-refractivity contribution in [3.8, 4) is 0 Å².